The molecule has 0 bridgehead atoms. The monoisotopic (exact) mass is 711 g/mol. The molecule has 1 aliphatic heterocycles. The lowest BCUT2D eigenvalue weighted by atomic mass is 9.56. The Bertz CT molecular complexity index is 1940. The van der Waals surface area contributed by atoms with Crippen molar-refractivity contribution in [3.63, 3.8) is 0 Å². The first-order valence-electron chi connectivity index (χ1n) is 16.1. The fourth-order valence-electron chi connectivity index (χ4n) is 8.00. The molecule has 1 fully saturated rings. The van der Waals surface area contributed by atoms with Crippen molar-refractivity contribution in [2.24, 2.45) is 5.92 Å². The zero-order valence-electron chi connectivity index (χ0n) is 28.2. The Labute approximate surface area is 290 Å². The van der Waals surface area contributed by atoms with E-state index in [0.717, 1.165) is 19.3 Å². The van der Waals surface area contributed by atoms with E-state index in [1.165, 1.54) is 27.0 Å². The van der Waals surface area contributed by atoms with Crippen LogP contribution in [0, 0.1) is 12.8 Å². The normalized spacial score (nSPS) is 31.3. The molecule has 6 rings (SSSR count). The molecule has 1 heterocycles. The fourth-order valence-corrected chi connectivity index (χ4v) is 8.00. The Balaban J connectivity index is 1.51. The largest absolute Gasteiger partial charge is 0.507 e. The number of hydrogen-bond acceptors (Lipinski definition) is 16. The van der Waals surface area contributed by atoms with E-state index < -0.39 is 140 Å². The van der Waals surface area contributed by atoms with E-state index in [1.54, 1.807) is 6.92 Å². The molecule has 51 heavy (non-hydrogen) atoms. The van der Waals surface area contributed by atoms with Crippen LogP contribution in [0.5, 0.6) is 11.5 Å². The van der Waals surface area contributed by atoms with Gasteiger partial charge in [0.25, 0.3) is 0 Å². The number of aliphatic hydroxyl groups excluding tert-OH is 3. The van der Waals surface area contributed by atoms with Gasteiger partial charge in [0.05, 0.1) is 54.3 Å². The number of aliphatic hydroxyl groups is 4. The van der Waals surface area contributed by atoms with E-state index in [2.05, 4.69) is 5.32 Å². The Morgan fingerprint density at radius 1 is 1.04 bits per heavy atom. The van der Waals surface area contributed by atoms with E-state index in [4.69, 9.17) is 18.9 Å². The predicted molar refractivity (Wildman–Crippen MR) is 171 cm³/mol. The van der Waals surface area contributed by atoms with Crippen LogP contribution in [0.15, 0.2) is 23.9 Å². The van der Waals surface area contributed by atoms with E-state index >= 15 is 0 Å². The van der Waals surface area contributed by atoms with Gasteiger partial charge in [0, 0.05) is 43.4 Å². The number of hydrogen-bond donors (Lipinski definition) is 7. The second kappa shape index (κ2) is 12.6. The fraction of sp³-hybridized carbons (Fsp3) is 0.457. The van der Waals surface area contributed by atoms with Crippen molar-refractivity contribution in [1.82, 2.24) is 5.32 Å². The third kappa shape index (κ3) is 4.75. The average molecular weight is 712 g/mol. The zero-order chi connectivity index (χ0) is 37.5. The molecule has 16 nitrogen and oxygen atoms in total. The number of phenolic OH excluding ortho intramolecular Hbond substituents is 2. The van der Waals surface area contributed by atoms with Gasteiger partial charge in [-0.05, 0) is 38.0 Å². The maximum atomic E-state index is 14.6. The summed E-state index contributed by atoms with van der Waals surface area (Å²) in [5.74, 6) is -8.75. The van der Waals surface area contributed by atoms with Gasteiger partial charge < -0.3 is 54.9 Å². The van der Waals surface area contributed by atoms with Gasteiger partial charge in [0.2, 0.25) is 17.3 Å². The number of nitrogens with one attached hydrogen (secondary N) is 1. The SMILES string of the molecule is CCOC(=O)c1c(C)cc2c(c1O)[C@]1(O)C(=O)c3cc4c(c(O)c3C(=O)[C@]1(OC)[C@H](O)C2)C(=O)C=C(N[C@H]1O[C@@H](C)[C@H](OC)[C@@H](O)C1CO)C4=O. The molecule has 1 saturated heterocycles. The number of aromatic hydroxyl groups is 2. The summed E-state index contributed by atoms with van der Waals surface area (Å²) >= 11 is 0. The third-order valence-electron chi connectivity index (χ3n) is 10.4. The molecule has 3 aliphatic carbocycles. The summed E-state index contributed by atoms with van der Waals surface area (Å²) in [7, 11) is 2.26. The Kier molecular flexibility index (Phi) is 8.95. The van der Waals surface area contributed by atoms with E-state index in [9.17, 15) is 54.6 Å². The lowest BCUT2D eigenvalue weighted by Crippen LogP contribution is -2.73. The molecular formula is C35H37NO15. The van der Waals surface area contributed by atoms with E-state index in [1.807, 2.05) is 0 Å². The molecule has 0 aromatic heterocycles. The number of ketones is 4. The number of aryl methyl sites for hydroxylation is 1. The first kappa shape index (κ1) is 36.2. The summed E-state index contributed by atoms with van der Waals surface area (Å²) in [5, 5.41) is 70.4. The van der Waals surface area contributed by atoms with Crippen LogP contribution in [-0.4, -0.2) is 123 Å². The van der Waals surface area contributed by atoms with Crippen molar-refractivity contribution < 1.29 is 73.6 Å². The van der Waals surface area contributed by atoms with Crippen LogP contribution in [0.1, 0.15) is 82.3 Å². The number of ether oxygens (including phenoxy) is 4. The van der Waals surface area contributed by atoms with Crippen molar-refractivity contribution in [2.75, 3.05) is 27.4 Å². The van der Waals surface area contributed by atoms with Crippen molar-refractivity contribution in [1.29, 1.82) is 0 Å². The van der Waals surface area contributed by atoms with Crippen LogP contribution in [0.25, 0.3) is 0 Å². The highest BCUT2D eigenvalue weighted by atomic mass is 16.6. The van der Waals surface area contributed by atoms with Crippen LogP contribution >= 0.6 is 0 Å². The summed E-state index contributed by atoms with van der Waals surface area (Å²) in [6, 6.07) is 2.17. The summed E-state index contributed by atoms with van der Waals surface area (Å²) < 4.78 is 21.7. The Morgan fingerprint density at radius 3 is 2.33 bits per heavy atom. The molecule has 4 aliphatic rings. The Morgan fingerprint density at radius 2 is 1.73 bits per heavy atom. The van der Waals surface area contributed by atoms with Crippen LogP contribution in [0.4, 0.5) is 0 Å². The summed E-state index contributed by atoms with van der Waals surface area (Å²) in [5.41, 5.74) is -10.2. The van der Waals surface area contributed by atoms with E-state index in [0.29, 0.717) is 0 Å². The minimum atomic E-state index is -3.24. The number of carbonyl (C=O) groups excluding carboxylic acids is 5. The quantitative estimate of drug-likeness (QED) is 0.183. The lowest BCUT2D eigenvalue weighted by Gasteiger charge is -2.52. The maximum Gasteiger partial charge on any atom is 0.342 e. The zero-order valence-corrected chi connectivity index (χ0v) is 28.2. The standard InChI is InChI=1S/C35H37NO15/c1-6-50-33(46)21-12(2)7-14-8-20(39)35(49-5)31(45)23-16(30(44)34(35,47)24(14)28(21)43)9-15-22(27(23)42)19(38)10-18(25(15)40)36-32-17(11-37)26(41)29(48-4)13(3)51-32/h7,9-10,13,17,20,26,29,32,36-37,39,41-43,47H,6,8,11H2,1-5H3/t13-,17?,20+,26-,29-,32-,34-,35+/m0/s1. The lowest BCUT2D eigenvalue weighted by molar-refractivity contribution is -0.214. The number of rotatable bonds is 7. The molecular weight excluding hydrogens is 674 g/mol. The van der Waals surface area contributed by atoms with Gasteiger partial charge in [-0.2, -0.15) is 0 Å². The maximum absolute atomic E-state index is 14.6. The molecule has 0 radical (unpaired) electrons. The van der Waals surface area contributed by atoms with Gasteiger partial charge in [-0.15, -0.1) is 0 Å². The molecule has 0 amide bonds. The second-order valence-electron chi connectivity index (χ2n) is 13.0. The number of phenols is 2. The second-order valence-corrected chi connectivity index (χ2v) is 13.0. The van der Waals surface area contributed by atoms with Gasteiger partial charge in [0.15, 0.2) is 17.0 Å². The summed E-state index contributed by atoms with van der Waals surface area (Å²) in [4.78, 5) is 69.4. The van der Waals surface area contributed by atoms with Gasteiger partial charge >= 0.3 is 5.97 Å². The van der Waals surface area contributed by atoms with Crippen molar-refractivity contribution in [3.05, 3.63) is 68.4 Å². The molecule has 0 spiro atoms. The number of fused-ring (bicyclic) bond motifs is 5. The highest BCUT2D eigenvalue weighted by molar-refractivity contribution is 6.31. The number of carbonyl (C=O) groups is 5. The minimum absolute atomic E-state index is 0.00812. The molecule has 272 valence electrons. The number of methoxy groups -OCH3 is 2. The highest BCUT2D eigenvalue weighted by Crippen LogP contribution is 2.56. The first-order valence-corrected chi connectivity index (χ1v) is 16.1. The van der Waals surface area contributed by atoms with Gasteiger partial charge in [-0.1, -0.05) is 6.07 Å². The van der Waals surface area contributed by atoms with Crippen LogP contribution < -0.4 is 5.32 Å². The van der Waals surface area contributed by atoms with Crippen molar-refractivity contribution in [3.8, 4) is 11.5 Å². The van der Waals surface area contributed by atoms with Crippen molar-refractivity contribution >= 4 is 29.1 Å². The molecule has 16 heteroatoms. The number of esters is 1. The Hall–Kier alpha value is -4.55. The van der Waals surface area contributed by atoms with Crippen LogP contribution in [0.3, 0.4) is 0 Å². The average Bonchev–Trinajstić information content (AvgIpc) is 3.06. The summed E-state index contributed by atoms with van der Waals surface area (Å²) in [6.45, 7) is 3.86. The van der Waals surface area contributed by atoms with Gasteiger partial charge in [-0.25, -0.2) is 4.79 Å². The van der Waals surface area contributed by atoms with Gasteiger partial charge in [0.1, 0.15) is 29.4 Å². The third-order valence-corrected chi connectivity index (χ3v) is 10.4. The number of allylic oxidation sites excluding steroid dienone is 2. The predicted octanol–water partition coefficient (Wildman–Crippen LogP) is -0.266. The summed E-state index contributed by atoms with van der Waals surface area (Å²) in [6.07, 6.45) is -5.63. The van der Waals surface area contributed by atoms with Crippen LogP contribution in [-0.2, 0) is 31.0 Å². The topological polar surface area (TPSA) is 256 Å². The molecule has 0 saturated carbocycles. The molecule has 8 atom stereocenters. The first-order chi connectivity index (χ1) is 24.1. The molecule has 2 aromatic carbocycles. The molecule has 7 N–H and O–H groups in total. The van der Waals surface area contributed by atoms with Gasteiger partial charge in [-0.3, -0.25) is 19.2 Å². The number of Topliss-reactive ketones (excluding diaryl/α,β-unsaturated/α-hetero) is 3. The minimum Gasteiger partial charge on any atom is -0.507 e. The van der Waals surface area contributed by atoms with Crippen molar-refractivity contribution in [2.45, 2.75) is 69.0 Å². The highest BCUT2D eigenvalue weighted by Gasteiger charge is 2.72. The van der Waals surface area contributed by atoms with Crippen LogP contribution in [0.2, 0.25) is 0 Å². The molecule has 2 aromatic rings. The number of benzene rings is 2. The molecule has 1 unspecified atom stereocenters. The van der Waals surface area contributed by atoms with E-state index in [-0.39, 0.29) is 17.7 Å². The smallest absolute Gasteiger partial charge is 0.342 e.